The normalized spacial score (nSPS) is 23.2. The van der Waals surface area contributed by atoms with E-state index >= 15 is 0 Å². The molecule has 0 aliphatic heterocycles. The predicted octanol–water partition coefficient (Wildman–Crippen LogP) is 2.27. The second kappa shape index (κ2) is 7.09. The fraction of sp³-hybridized carbons (Fsp3) is 0.571. The van der Waals surface area contributed by atoms with E-state index in [1.807, 2.05) is 6.26 Å². The van der Waals surface area contributed by atoms with Crippen LogP contribution in [-0.4, -0.2) is 31.1 Å². The molecule has 2 atom stereocenters. The van der Waals surface area contributed by atoms with Crippen LogP contribution >= 0.6 is 11.8 Å². The van der Waals surface area contributed by atoms with Crippen LogP contribution in [0.2, 0.25) is 0 Å². The van der Waals surface area contributed by atoms with Crippen LogP contribution in [-0.2, 0) is 16.6 Å². The minimum Gasteiger partial charge on any atom is -0.392 e. The van der Waals surface area contributed by atoms with Crippen LogP contribution in [0.4, 0.5) is 4.39 Å². The van der Waals surface area contributed by atoms with Crippen molar-refractivity contribution in [2.45, 2.75) is 48.5 Å². The lowest BCUT2D eigenvalue weighted by Crippen LogP contribution is -2.43. The first-order chi connectivity index (χ1) is 9.97. The number of rotatable bonds is 5. The molecule has 0 amide bonds. The zero-order valence-electron chi connectivity index (χ0n) is 11.9. The average Bonchev–Trinajstić information content (AvgIpc) is 2.47. The molecule has 1 saturated carbocycles. The van der Waals surface area contributed by atoms with Crippen molar-refractivity contribution < 1.29 is 17.9 Å². The van der Waals surface area contributed by atoms with E-state index in [9.17, 15) is 17.9 Å². The summed E-state index contributed by atoms with van der Waals surface area (Å²) in [7, 11) is -3.83. The Kier molecular flexibility index (Phi) is 5.65. The Hall–Kier alpha value is -0.630. The van der Waals surface area contributed by atoms with Crippen molar-refractivity contribution in [1.82, 2.24) is 4.72 Å². The van der Waals surface area contributed by atoms with Crippen LogP contribution in [0.1, 0.15) is 31.2 Å². The minimum absolute atomic E-state index is 0.145. The van der Waals surface area contributed by atoms with E-state index in [2.05, 4.69) is 4.72 Å². The van der Waals surface area contributed by atoms with Crippen molar-refractivity contribution in [3.63, 3.8) is 0 Å². The molecule has 1 fully saturated rings. The van der Waals surface area contributed by atoms with Gasteiger partial charge in [-0.15, -0.1) is 0 Å². The fourth-order valence-electron chi connectivity index (χ4n) is 2.69. The van der Waals surface area contributed by atoms with Gasteiger partial charge < -0.3 is 5.11 Å². The summed E-state index contributed by atoms with van der Waals surface area (Å²) in [5.74, 6) is -0.627. The molecule has 118 valence electrons. The lowest BCUT2D eigenvalue weighted by atomic mass is 9.96. The fourth-order valence-corrected chi connectivity index (χ4v) is 5.26. The molecule has 0 bridgehead atoms. The van der Waals surface area contributed by atoms with E-state index in [0.717, 1.165) is 37.8 Å². The quantitative estimate of drug-likeness (QED) is 0.867. The SMILES string of the molecule is CSC1CCCCC1NS(=O)(=O)c1cc(F)ccc1CO. The zero-order chi connectivity index (χ0) is 15.5. The monoisotopic (exact) mass is 333 g/mol. The number of benzene rings is 1. The van der Waals surface area contributed by atoms with Gasteiger partial charge in [-0.05, 0) is 36.8 Å². The number of aliphatic hydroxyl groups excluding tert-OH is 1. The highest BCUT2D eigenvalue weighted by molar-refractivity contribution is 7.99. The summed E-state index contributed by atoms with van der Waals surface area (Å²) in [4.78, 5) is -0.171. The van der Waals surface area contributed by atoms with Crippen molar-refractivity contribution in [2.24, 2.45) is 0 Å². The highest BCUT2D eigenvalue weighted by Crippen LogP contribution is 2.29. The molecule has 21 heavy (non-hydrogen) atoms. The van der Waals surface area contributed by atoms with E-state index in [1.54, 1.807) is 11.8 Å². The van der Waals surface area contributed by atoms with E-state index in [1.165, 1.54) is 6.07 Å². The van der Waals surface area contributed by atoms with Gasteiger partial charge in [-0.1, -0.05) is 18.9 Å². The number of sulfonamides is 1. The number of hydrogen-bond acceptors (Lipinski definition) is 4. The molecule has 1 aromatic carbocycles. The van der Waals surface area contributed by atoms with Gasteiger partial charge in [0.1, 0.15) is 5.82 Å². The first-order valence-corrected chi connectivity index (χ1v) is 9.69. The summed E-state index contributed by atoms with van der Waals surface area (Å²) in [6.07, 6.45) is 5.82. The molecule has 0 spiro atoms. The molecule has 0 radical (unpaired) electrons. The predicted molar refractivity (Wildman–Crippen MR) is 82.2 cm³/mol. The Balaban J connectivity index is 2.27. The first kappa shape index (κ1) is 16.7. The molecule has 2 unspecified atom stereocenters. The molecular formula is C14H20FNO3S2. The van der Waals surface area contributed by atoms with Gasteiger partial charge in [0, 0.05) is 11.3 Å². The standard InChI is InChI=1S/C14H20FNO3S2/c1-20-13-5-3-2-4-12(13)16-21(18,19)14-8-11(15)7-6-10(14)9-17/h6-8,12-13,16-17H,2-5,9H2,1H3. The number of hydrogen-bond donors (Lipinski definition) is 2. The molecule has 0 heterocycles. The molecule has 7 heteroatoms. The van der Waals surface area contributed by atoms with Gasteiger partial charge in [0.05, 0.1) is 11.5 Å². The van der Waals surface area contributed by atoms with Gasteiger partial charge in [-0.25, -0.2) is 17.5 Å². The Morgan fingerprint density at radius 1 is 1.38 bits per heavy atom. The van der Waals surface area contributed by atoms with Crippen LogP contribution in [0.3, 0.4) is 0 Å². The average molecular weight is 333 g/mol. The summed E-state index contributed by atoms with van der Waals surface area (Å²) in [6.45, 7) is -0.437. The lowest BCUT2D eigenvalue weighted by Gasteiger charge is -2.30. The van der Waals surface area contributed by atoms with Crippen molar-refractivity contribution in [3.05, 3.63) is 29.6 Å². The first-order valence-electron chi connectivity index (χ1n) is 6.92. The molecular weight excluding hydrogens is 313 g/mol. The van der Waals surface area contributed by atoms with Crippen LogP contribution < -0.4 is 4.72 Å². The third-order valence-electron chi connectivity index (χ3n) is 3.80. The maximum Gasteiger partial charge on any atom is 0.241 e. The molecule has 0 aromatic heterocycles. The molecule has 4 nitrogen and oxygen atoms in total. The molecule has 2 rings (SSSR count). The van der Waals surface area contributed by atoms with Crippen molar-refractivity contribution >= 4 is 21.8 Å². The van der Waals surface area contributed by atoms with Gasteiger partial charge in [-0.3, -0.25) is 0 Å². The molecule has 1 aliphatic carbocycles. The maximum absolute atomic E-state index is 13.4. The Morgan fingerprint density at radius 3 is 2.76 bits per heavy atom. The van der Waals surface area contributed by atoms with Gasteiger partial charge in [0.25, 0.3) is 0 Å². The largest absolute Gasteiger partial charge is 0.392 e. The van der Waals surface area contributed by atoms with Gasteiger partial charge >= 0.3 is 0 Å². The summed E-state index contributed by atoms with van der Waals surface area (Å²) < 4.78 is 41.0. The Labute approximate surface area is 129 Å². The van der Waals surface area contributed by atoms with Gasteiger partial charge in [-0.2, -0.15) is 11.8 Å². The van der Waals surface area contributed by atoms with Crippen molar-refractivity contribution in [2.75, 3.05) is 6.26 Å². The van der Waals surface area contributed by atoms with Gasteiger partial charge in [0.15, 0.2) is 0 Å². The van der Waals surface area contributed by atoms with Crippen molar-refractivity contribution in [3.8, 4) is 0 Å². The summed E-state index contributed by atoms with van der Waals surface area (Å²) in [5, 5.41) is 9.49. The smallest absolute Gasteiger partial charge is 0.241 e. The topological polar surface area (TPSA) is 66.4 Å². The van der Waals surface area contributed by atoms with E-state index in [0.29, 0.717) is 0 Å². The summed E-state index contributed by atoms with van der Waals surface area (Å²) >= 11 is 1.65. The third-order valence-corrected chi connectivity index (χ3v) is 6.54. The maximum atomic E-state index is 13.4. The lowest BCUT2D eigenvalue weighted by molar-refractivity contribution is 0.278. The minimum atomic E-state index is -3.83. The molecule has 2 N–H and O–H groups in total. The van der Waals surface area contributed by atoms with Crippen LogP contribution in [0.15, 0.2) is 23.1 Å². The number of aliphatic hydroxyl groups is 1. The highest BCUT2D eigenvalue weighted by Gasteiger charge is 2.30. The molecule has 1 aliphatic rings. The third kappa shape index (κ3) is 3.97. The zero-order valence-corrected chi connectivity index (χ0v) is 13.5. The molecule has 1 aromatic rings. The number of nitrogens with one attached hydrogen (secondary N) is 1. The number of thioether (sulfide) groups is 1. The number of halogens is 1. The van der Waals surface area contributed by atoms with Crippen molar-refractivity contribution in [1.29, 1.82) is 0 Å². The highest BCUT2D eigenvalue weighted by atomic mass is 32.2. The Morgan fingerprint density at radius 2 is 2.10 bits per heavy atom. The molecule has 0 saturated heterocycles. The van der Waals surface area contributed by atoms with Crippen LogP contribution in [0, 0.1) is 5.82 Å². The van der Waals surface area contributed by atoms with Crippen LogP contribution in [0.5, 0.6) is 0 Å². The van der Waals surface area contributed by atoms with Gasteiger partial charge in [0.2, 0.25) is 10.0 Å². The second-order valence-corrected chi connectivity index (χ2v) is 7.96. The summed E-state index contributed by atoms with van der Waals surface area (Å²) in [6, 6.07) is 3.27. The second-order valence-electron chi connectivity index (χ2n) is 5.20. The van der Waals surface area contributed by atoms with E-state index < -0.39 is 22.4 Å². The van der Waals surface area contributed by atoms with Crippen LogP contribution in [0.25, 0.3) is 0 Å². The Bertz CT molecular complexity index is 592. The van der Waals surface area contributed by atoms with E-state index in [4.69, 9.17) is 0 Å². The summed E-state index contributed by atoms with van der Waals surface area (Å²) in [5.41, 5.74) is 0.209. The van der Waals surface area contributed by atoms with E-state index in [-0.39, 0.29) is 21.8 Å².